The molecule has 0 saturated heterocycles. The first-order valence-electron chi connectivity index (χ1n) is 7.19. The SMILES string of the molecule is CCc1nc(C23CC4CC(CC(C4)C2)C3)n[nH]1. The van der Waals surface area contributed by atoms with Crippen molar-refractivity contribution in [1.29, 1.82) is 0 Å². The van der Waals surface area contributed by atoms with Gasteiger partial charge in [0.25, 0.3) is 0 Å². The molecule has 92 valence electrons. The Bertz CT molecular complexity index is 399. The molecule has 17 heavy (non-hydrogen) atoms. The number of nitrogens with zero attached hydrogens (tertiary/aromatic N) is 2. The van der Waals surface area contributed by atoms with E-state index in [1.54, 1.807) is 0 Å². The molecular formula is C14H21N3. The molecule has 4 aliphatic rings. The molecule has 4 saturated carbocycles. The van der Waals surface area contributed by atoms with E-state index in [-0.39, 0.29) is 0 Å². The summed E-state index contributed by atoms with van der Waals surface area (Å²) in [7, 11) is 0. The van der Waals surface area contributed by atoms with Gasteiger partial charge in [-0.1, -0.05) is 6.92 Å². The third kappa shape index (κ3) is 1.40. The molecule has 4 bridgehead atoms. The number of nitrogens with one attached hydrogen (secondary N) is 1. The third-order valence-corrected chi connectivity index (χ3v) is 5.38. The molecular weight excluding hydrogens is 210 g/mol. The number of rotatable bonds is 2. The standard InChI is InChI=1S/C14H21N3/c1-2-12-15-13(17-16-12)14-6-9-3-10(7-14)5-11(4-9)8-14/h9-11H,2-8H2,1H3,(H,15,16,17). The van der Waals surface area contributed by atoms with Gasteiger partial charge in [-0.2, -0.15) is 5.10 Å². The molecule has 0 unspecified atom stereocenters. The predicted molar refractivity (Wildman–Crippen MR) is 65.6 cm³/mol. The lowest BCUT2D eigenvalue weighted by Gasteiger charge is -2.55. The van der Waals surface area contributed by atoms with Crippen LogP contribution in [0.15, 0.2) is 0 Å². The molecule has 1 heterocycles. The van der Waals surface area contributed by atoms with Gasteiger partial charge >= 0.3 is 0 Å². The van der Waals surface area contributed by atoms with Crippen LogP contribution in [0, 0.1) is 17.8 Å². The maximum atomic E-state index is 4.75. The van der Waals surface area contributed by atoms with Crippen molar-refractivity contribution in [2.45, 2.75) is 57.3 Å². The van der Waals surface area contributed by atoms with Gasteiger partial charge in [-0.25, -0.2) is 4.98 Å². The predicted octanol–water partition coefficient (Wildman–Crippen LogP) is 2.83. The summed E-state index contributed by atoms with van der Waals surface area (Å²) in [6.07, 6.45) is 9.53. The van der Waals surface area contributed by atoms with Crippen molar-refractivity contribution in [1.82, 2.24) is 15.2 Å². The minimum Gasteiger partial charge on any atom is -0.263 e. The summed E-state index contributed by atoms with van der Waals surface area (Å²) in [5.41, 5.74) is 0.360. The molecule has 3 heteroatoms. The van der Waals surface area contributed by atoms with E-state index < -0.39 is 0 Å². The second-order valence-electron chi connectivity index (χ2n) is 6.66. The van der Waals surface area contributed by atoms with Gasteiger partial charge in [0.05, 0.1) is 0 Å². The van der Waals surface area contributed by atoms with Gasteiger partial charge in [-0.3, -0.25) is 5.10 Å². The average molecular weight is 231 g/mol. The van der Waals surface area contributed by atoms with Gasteiger partial charge in [-0.15, -0.1) is 0 Å². The normalized spacial score (nSPS) is 43.2. The fourth-order valence-corrected chi connectivity index (χ4v) is 5.08. The fourth-order valence-electron chi connectivity index (χ4n) is 5.08. The molecule has 4 fully saturated rings. The minimum absolute atomic E-state index is 0.360. The van der Waals surface area contributed by atoms with Crippen molar-refractivity contribution in [2.24, 2.45) is 17.8 Å². The summed E-state index contributed by atoms with van der Waals surface area (Å²) in [6, 6.07) is 0. The average Bonchev–Trinajstić information content (AvgIpc) is 2.76. The van der Waals surface area contributed by atoms with Gasteiger partial charge in [0.1, 0.15) is 5.82 Å². The molecule has 5 rings (SSSR count). The maximum Gasteiger partial charge on any atom is 0.156 e. The van der Waals surface area contributed by atoms with Crippen LogP contribution < -0.4 is 0 Å². The smallest absolute Gasteiger partial charge is 0.156 e. The Morgan fingerprint density at radius 1 is 1.12 bits per heavy atom. The van der Waals surface area contributed by atoms with Gasteiger partial charge in [0.15, 0.2) is 5.82 Å². The van der Waals surface area contributed by atoms with Crippen LogP contribution in [0.25, 0.3) is 0 Å². The summed E-state index contributed by atoms with van der Waals surface area (Å²) >= 11 is 0. The summed E-state index contributed by atoms with van der Waals surface area (Å²) in [5, 5.41) is 7.66. The lowest BCUT2D eigenvalue weighted by Crippen LogP contribution is -2.49. The van der Waals surface area contributed by atoms with Gasteiger partial charge in [0, 0.05) is 11.8 Å². The van der Waals surface area contributed by atoms with Gasteiger partial charge < -0.3 is 0 Å². The van der Waals surface area contributed by atoms with E-state index in [1.165, 1.54) is 38.5 Å². The summed E-state index contributed by atoms with van der Waals surface area (Å²) in [4.78, 5) is 4.75. The van der Waals surface area contributed by atoms with E-state index in [0.29, 0.717) is 5.41 Å². The Balaban J connectivity index is 1.72. The largest absolute Gasteiger partial charge is 0.263 e. The second kappa shape index (κ2) is 3.33. The summed E-state index contributed by atoms with van der Waals surface area (Å²) < 4.78 is 0. The zero-order valence-electron chi connectivity index (χ0n) is 10.6. The van der Waals surface area contributed by atoms with E-state index >= 15 is 0 Å². The van der Waals surface area contributed by atoms with Crippen molar-refractivity contribution in [3.8, 4) is 0 Å². The van der Waals surface area contributed by atoms with Crippen LogP contribution in [-0.4, -0.2) is 15.2 Å². The first kappa shape index (κ1) is 10.1. The molecule has 4 aliphatic carbocycles. The van der Waals surface area contributed by atoms with E-state index in [9.17, 15) is 0 Å². The van der Waals surface area contributed by atoms with Crippen LogP contribution in [0.2, 0.25) is 0 Å². The Morgan fingerprint density at radius 3 is 2.18 bits per heavy atom. The van der Waals surface area contributed by atoms with Crippen molar-refractivity contribution >= 4 is 0 Å². The minimum atomic E-state index is 0.360. The molecule has 0 aromatic carbocycles. The first-order chi connectivity index (χ1) is 8.27. The van der Waals surface area contributed by atoms with E-state index in [2.05, 4.69) is 17.1 Å². The highest BCUT2D eigenvalue weighted by molar-refractivity contribution is 5.17. The molecule has 0 radical (unpaired) electrons. The third-order valence-electron chi connectivity index (χ3n) is 5.38. The lowest BCUT2D eigenvalue weighted by atomic mass is 9.49. The van der Waals surface area contributed by atoms with Gasteiger partial charge in [0.2, 0.25) is 0 Å². The Morgan fingerprint density at radius 2 is 1.71 bits per heavy atom. The summed E-state index contributed by atoms with van der Waals surface area (Å²) in [6.45, 7) is 2.14. The highest BCUT2D eigenvalue weighted by Gasteiger charge is 2.53. The molecule has 3 nitrogen and oxygen atoms in total. The summed E-state index contributed by atoms with van der Waals surface area (Å²) in [5.74, 6) is 5.14. The van der Waals surface area contributed by atoms with Crippen molar-refractivity contribution in [2.75, 3.05) is 0 Å². The zero-order valence-corrected chi connectivity index (χ0v) is 10.6. The molecule has 1 N–H and O–H groups in total. The molecule has 0 amide bonds. The number of H-pyrrole nitrogens is 1. The lowest BCUT2D eigenvalue weighted by molar-refractivity contribution is -0.00925. The Hall–Kier alpha value is -0.860. The molecule has 1 aromatic heterocycles. The molecule has 0 atom stereocenters. The van der Waals surface area contributed by atoms with E-state index in [1.807, 2.05) is 0 Å². The van der Waals surface area contributed by atoms with Crippen molar-refractivity contribution in [3.63, 3.8) is 0 Å². The van der Waals surface area contributed by atoms with E-state index in [0.717, 1.165) is 35.8 Å². The number of aromatic amines is 1. The van der Waals surface area contributed by atoms with Crippen LogP contribution in [0.4, 0.5) is 0 Å². The second-order valence-corrected chi connectivity index (χ2v) is 6.66. The fraction of sp³-hybridized carbons (Fsp3) is 0.857. The monoisotopic (exact) mass is 231 g/mol. The quantitative estimate of drug-likeness (QED) is 0.850. The number of aryl methyl sites for hydroxylation is 1. The van der Waals surface area contributed by atoms with Crippen molar-refractivity contribution in [3.05, 3.63) is 11.6 Å². The van der Waals surface area contributed by atoms with Crippen molar-refractivity contribution < 1.29 is 0 Å². The van der Waals surface area contributed by atoms with Gasteiger partial charge in [-0.05, 0) is 56.3 Å². The van der Waals surface area contributed by atoms with Crippen LogP contribution in [0.5, 0.6) is 0 Å². The number of hydrogen-bond acceptors (Lipinski definition) is 2. The maximum absolute atomic E-state index is 4.75. The van der Waals surface area contributed by atoms with Crippen LogP contribution in [-0.2, 0) is 11.8 Å². The Labute approximate surface area is 102 Å². The first-order valence-corrected chi connectivity index (χ1v) is 7.19. The Kier molecular flexibility index (Phi) is 1.98. The molecule has 0 aliphatic heterocycles. The molecule has 0 spiro atoms. The highest BCUT2D eigenvalue weighted by atomic mass is 15.2. The van der Waals surface area contributed by atoms with Crippen LogP contribution >= 0.6 is 0 Å². The number of aromatic nitrogens is 3. The van der Waals surface area contributed by atoms with Crippen LogP contribution in [0.3, 0.4) is 0 Å². The van der Waals surface area contributed by atoms with E-state index in [4.69, 9.17) is 4.98 Å². The number of hydrogen-bond donors (Lipinski definition) is 1. The highest BCUT2D eigenvalue weighted by Crippen LogP contribution is 2.60. The zero-order chi connectivity index (χ0) is 11.5. The van der Waals surface area contributed by atoms with Crippen LogP contribution in [0.1, 0.15) is 57.1 Å². The molecule has 1 aromatic rings. The topological polar surface area (TPSA) is 41.6 Å².